The van der Waals surface area contributed by atoms with E-state index in [4.69, 9.17) is 4.74 Å². The molecule has 1 aliphatic heterocycles. The Balaban J connectivity index is 2.10. The Hall–Kier alpha value is -0.770. The lowest BCUT2D eigenvalue weighted by atomic mass is 10.1. The lowest BCUT2D eigenvalue weighted by Gasteiger charge is -2.30. The van der Waals surface area contributed by atoms with Gasteiger partial charge in [0.05, 0.1) is 11.0 Å². The first kappa shape index (κ1) is 17.6. The van der Waals surface area contributed by atoms with Crippen molar-refractivity contribution >= 4 is 21.8 Å². The van der Waals surface area contributed by atoms with E-state index in [1.54, 1.807) is 7.11 Å². The van der Waals surface area contributed by atoms with Crippen LogP contribution < -0.4 is 0 Å². The van der Waals surface area contributed by atoms with Crippen LogP contribution in [-0.2, 0) is 14.8 Å². The number of hydrogen-bond donors (Lipinski definition) is 0. The van der Waals surface area contributed by atoms with Crippen LogP contribution in [0.3, 0.4) is 0 Å². The van der Waals surface area contributed by atoms with Gasteiger partial charge in [0.1, 0.15) is 0 Å². The Bertz CT molecular complexity index is 594. The maximum absolute atomic E-state index is 12.4. The molecular formula is C13H16F3NO3S2. The van der Waals surface area contributed by atoms with E-state index in [2.05, 4.69) is 0 Å². The van der Waals surface area contributed by atoms with Gasteiger partial charge in [0.15, 0.2) is 0 Å². The van der Waals surface area contributed by atoms with Crippen LogP contribution in [0.1, 0.15) is 12.8 Å². The van der Waals surface area contributed by atoms with Gasteiger partial charge in [0.2, 0.25) is 10.0 Å². The summed E-state index contributed by atoms with van der Waals surface area (Å²) < 4.78 is 68.2. The van der Waals surface area contributed by atoms with Gasteiger partial charge in [0, 0.05) is 25.1 Å². The van der Waals surface area contributed by atoms with Crippen molar-refractivity contribution in [1.82, 2.24) is 4.31 Å². The third-order valence-electron chi connectivity index (χ3n) is 3.43. The highest BCUT2D eigenvalue weighted by molar-refractivity contribution is 8.00. The molecule has 0 aromatic heterocycles. The Kier molecular flexibility index (Phi) is 5.41. The Labute approximate surface area is 131 Å². The minimum atomic E-state index is -4.39. The molecule has 1 saturated heterocycles. The number of rotatable bonds is 4. The lowest BCUT2D eigenvalue weighted by Crippen LogP contribution is -2.40. The molecule has 1 heterocycles. The van der Waals surface area contributed by atoms with Crippen LogP contribution >= 0.6 is 11.8 Å². The minimum absolute atomic E-state index is 0.00916. The van der Waals surface area contributed by atoms with E-state index >= 15 is 0 Å². The molecule has 0 atom stereocenters. The highest BCUT2D eigenvalue weighted by Gasteiger charge is 2.31. The molecule has 1 aliphatic rings. The van der Waals surface area contributed by atoms with Crippen molar-refractivity contribution in [2.75, 3.05) is 20.2 Å². The molecule has 0 saturated carbocycles. The molecule has 22 heavy (non-hydrogen) atoms. The van der Waals surface area contributed by atoms with Crippen molar-refractivity contribution in [3.63, 3.8) is 0 Å². The first-order chi connectivity index (χ1) is 10.2. The lowest BCUT2D eigenvalue weighted by molar-refractivity contribution is -0.0328. The minimum Gasteiger partial charge on any atom is -0.381 e. The second-order valence-corrected chi connectivity index (χ2v) is 7.93. The third kappa shape index (κ3) is 4.37. The highest BCUT2D eigenvalue weighted by atomic mass is 32.2. The molecule has 0 amide bonds. The summed E-state index contributed by atoms with van der Waals surface area (Å²) in [6, 6.07) is 4.78. The number of thioether (sulfide) groups is 1. The molecule has 1 aromatic carbocycles. The zero-order chi connectivity index (χ0) is 16.4. The molecule has 0 unspecified atom stereocenters. The van der Waals surface area contributed by atoms with Crippen molar-refractivity contribution in [1.29, 1.82) is 0 Å². The Morgan fingerprint density at radius 1 is 1.18 bits per heavy atom. The topological polar surface area (TPSA) is 46.6 Å². The van der Waals surface area contributed by atoms with Crippen LogP contribution in [0.5, 0.6) is 0 Å². The summed E-state index contributed by atoms with van der Waals surface area (Å²) in [6.45, 7) is 0.694. The van der Waals surface area contributed by atoms with Gasteiger partial charge in [-0.25, -0.2) is 8.42 Å². The third-order valence-corrected chi connectivity index (χ3v) is 6.08. The average molecular weight is 355 g/mol. The average Bonchev–Trinajstić information content (AvgIpc) is 2.46. The van der Waals surface area contributed by atoms with Gasteiger partial charge >= 0.3 is 5.51 Å². The van der Waals surface area contributed by atoms with Gasteiger partial charge in [-0.05, 0) is 48.9 Å². The molecule has 0 N–H and O–H groups in total. The maximum Gasteiger partial charge on any atom is 0.446 e. The van der Waals surface area contributed by atoms with Crippen LogP contribution in [-0.4, -0.2) is 44.5 Å². The molecule has 0 aliphatic carbocycles. The molecule has 1 fully saturated rings. The maximum atomic E-state index is 12.4. The van der Waals surface area contributed by atoms with Crippen molar-refractivity contribution in [2.45, 2.75) is 34.2 Å². The Morgan fingerprint density at radius 3 is 2.18 bits per heavy atom. The van der Waals surface area contributed by atoms with Crippen LogP contribution in [0.15, 0.2) is 34.1 Å². The van der Waals surface area contributed by atoms with E-state index in [-0.39, 0.29) is 27.7 Å². The van der Waals surface area contributed by atoms with Crippen molar-refractivity contribution < 1.29 is 26.3 Å². The van der Waals surface area contributed by atoms with Crippen LogP contribution in [0.25, 0.3) is 0 Å². The molecule has 0 spiro atoms. The van der Waals surface area contributed by atoms with Gasteiger partial charge < -0.3 is 4.74 Å². The van der Waals surface area contributed by atoms with Crippen LogP contribution in [0.4, 0.5) is 13.2 Å². The number of sulfonamides is 1. The summed E-state index contributed by atoms with van der Waals surface area (Å²) in [7, 11) is -2.08. The van der Waals surface area contributed by atoms with Gasteiger partial charge in [-0.1, -0.05) is 0 Å². The molecule has 9 heteroatoms. The molecule has 124 valence electrons. The number of benzene rings is 1. The fourth-order valence-corrected chi connectivity index (χ4v) is 4.28. The predicted octanol–water partition coefficient (Wildman–Crippen LogP) is 3.10. The van der Waals surface area contributed by atoms with Gasteiger partial charge in [-0.15, -0.1) is 0 Å². The standard InChI is InChI=1S/C13H16F3NO3S2/c1-20-10-6-8-17(9-7-10)22(18,19)12-4-2-11(3-5-12)21-13(14,15)16/h2-5,10H,6-9H2,1H3. The predicted molar refractivity (Wildman–Crippen MR) is 77.1 cm³/mol. The fraction of sp³-hybridized carbons (Fsp3) is 0.538. The number of hydrogen-bond acceptors (Lipinski definition) is 4. The summed E-state index contributed by atoms with van der Waals surface area (Å²) in [4.78, 5) is -0.0283. The number of halogens is 3. The number of piperidine rings is 1. The van der Waals surface area contributed by atoms with Crippen LogP contribution in [0.2, 0.25) is 0 Å². The zero-order valence-corrected chi connectivity index (χ0v) is 13.5. The largest absolute Gasteiger partial charge is 0.446 e. The first-order valence-electron chi connectivity index (χ1n) is 6.61. The SMILES string of the molecule is COC1CCN(S(=O)(=O)c2ccc(SC(F)(F)F)cc2)CC1. The quantitative estimate of drug-likeness (QED) is 0.779. The van der Waals surface area contributed by atoms with Crippen molar-refractivity contribution in [3.8, 4) is 0 Å². The van der Waals surface area contributed by atoms with Gasteiger partial charge in [-0.3, -0.25) is 0 Å². The molecule has 2 rings (SSSR count). The summed E-state index contributed by atoms with van der Waals surface area (Å²) in [5.74, 6) is 0. The van der Waals surface area contributed by atoms with Gasteiger partial charge in [-0.2, -0.15) is 17.5 Å². The summed E-state index contributed by atoms with van der Waals surface area (Å²) in [5, 5.41) is 0. The van der Waals surface area contributed by atoms with E-state index < -0.39 is 15.5 Å². The summed E-state index contributed by atoms with van der Waals surface area (Å²) in [6.07, 6.45) is 1.27. The second-order valence-electron chi connectivity index (χ2n) is 4.86. The van der Waals surface area contributed by atoms with Crippen molar-refractivity contribution in [2.24, 2.45) is 0 Å². The second kappa shape index (κ2) is 6.77. The zero-order valence-electron chi connectivity index (χ0n) is 11.8. The molecule has 0 bridgehead atoms. The number of alkyl halides is 3. The van der Waals surface area contributed by atoms with E-state index in [0.29, 0.717) is 25.9 Å². The first-order valence-corrected chi connectivity index (χ1v) is 8.87. The normalized spacial score (nSPS) is 18.5. The molecule has 4 nitrogen and oxygen atoms in total. The molecule has 1 aromatic rings. The molecule has 0 radical (unpaired) electrons. The summed E-state index contributed by atoms with van der Waals surface area (Å²) in [5.41, 5.74) is -4.39. The van der Waals surface area contributed by atoms with E-state index in [0.717, 1.165) is 0 Å². The summed E-state index contributed by atoms with van der Waals surface area (Å²) >= 11 is -0.266. The number of ether oxygens (including phenoxy) is 1. The van der Waals surface area contributed by atoms with Crippen molar-refractivity contribution in [3.05, 3.63) is 24.3 Å². The number of methoxy groups -OCH3 is 1. The Morgan fingerprint density at radius 2 is 1.73 bits per heavy atom. The van der Waals surface area contributed by atoms with Crippen LogP contribution in [0, 0.1) is 0 Å². The van der Waals surface area contributed by atoms with E-state index in [1.165, 1.54) is 28.6 Å². The monoisotopic (exact) mass is 355 g/mol. The highest BCUT2D eigenvalue weighted by Crippen LogP contribution is 2.37. The fourth-order valence-electron chi connectivity index (χ4n) is 2.27. The smallest absolute Gasteiger partial charge is 0.381 e. The van der Waals surface area contributed by atoms with E-state index in [1.807, 2.05) is 0 Å². The van der Waals surface area contributed by atoms with Gasteiger partial charge in [0.25, 0.3) is 0 Å². The number of nitrogens with zero attached hydrogens (tertiary/aromatic N) is 1. The van der Waals surface area contributed by atoms with E-state index in [9.17, 15) is 21.6 Å². The molecular weight excluding hydrogens is 339 g/mol.